The molecule has 24 heavy (non-hydrogen) atoms. The van der Waals surface area contributed by atoms with Crippen molar-refractivity contribution in [2.24, 2.45) is 5.92 Å². The zero-order valence-corrected chi connectivity index (χ0v) is 13.4. The summed E-state index contributed by atoms with van der Waals surface area (Å²) in [5, 5.41) is 19.8. The molecule has 2 rings (SSSR count). The summed E-state index contributed by atoms with van der Waals surface area (Å²) in [5.41, 5.74) is 7.29. The molecule has 1 saturated heterocycles. The maximum atomic E-state index is 11.9. The third-order valence-corrected chi connectivity index (χ3v) is 3.82. The maximum absolute atomic E-state index is 11.9. The van der Waals surface area contributed by atoms with Gasteiger partial charge in [-0.15, -0.1) is 0 Å². The minimum Gasteiger partial charge on any atom is -0.394 e. The quantitative estimate of drug-likeness (QED) is 0.332. The minimum atomic E-state index is -1.27. The Morgan fingerprint density at radius 2 is 2.29 bits per heavy atom. The number of nitrogens with zero attached hydrogens (tertiary/aromatic N) is 2. The first-order valence-electron chi connectivity index (χ1n) is 7.54. The number of carbonyl (C=O) groups is 1. The molecular weight excluding hydrogens is 320 g/mol. The van der Waals surface area contributed by atoms with E-state index in [9.17, 15) is 19.8 Å². The Balaban J connectivity index is 2.15. The number of nitrogens with two attached hydrogens (primary N) is 1. The number of nitrogen functional groups attached to an aromatic ring is 1. The van der Waals surface area contributed by atoms with Crippen molar-refractivity contribution in [1.82, 2.24) is 15.0 Å². The molecule has 4 unspecified atom stereocenters. The van der Waals surface area contributed by atoms with E-state index in [4.69, 9.17) is 15.3 Å². The van der Waals surface area contributed by atoms with Crippen LogP contribution in [0.4, 0.5) is 5.82 Å². The number of hydrogen-bond acceptors (Lipinski definition) is 9. The second kappa shape index (κ2) is 7.81. The molecule has 0 saturated carbocycles. The Morgan fingerprint density at radius 3 is 2.83 bits per heavy atom. The number of nitrogens with one attached hydrogen (secondary N) is 1. The third-order valence-electron chi connectivity index (χ3n) is 3.82. The number of carbonyl (C=O) groups excluding carboxylic acids is 1. The Morgan fingerprint density at radius 1 is 1.58 bits per heavy atom. The fourth-order valence-corrected chi connectivity index (χ4v) is 2.34. The van der Waals surface area contributed by atoms with Gasteiger partial charge >= 0.3 is 5.69 Å². The van der Waals surface area contributed by atoms with Crippen molar-refractivity contribution in [2.75, 3.05) is 12.3 Å². The molecule has 134 valence electrons. The second-order valence-corrected chi connectivity index (χ2v) is 5.89. The van der Waals surface area contributed by atoms with Crippen LogP contribution in [0, 0.1) is 5.92 Å². The van der Waals surface area contributed by atoms with Crippen LogP contribution >= 0.6 is 0 Å². The highest BCUT2D eigenvalue weighted by Crippen LogP contribution is 2.30. The predicted octanol–water partition coefficient (Wildman–Crippen LogP) is -1.81. The van der Waals surface area contributed by atoms with Gasteiger partial charge in [0.15, 0.2) is 6.23 Å². The molecule has 0 amide bonds. The number of rotatable bonds is 7. The zero-order valence-electron chi connectivity index (χ0n) is 13.4. The van der Waals surface area contributed by atoms with Gasteiger partial charge in [0.25, 0.3) is 0 Å². The average molecular weight is 342 g/mol. The van der Waals surface area contributed by atoms with Gasteiger partial charge in [0.1, 0.15) is 30.4 Å². The summed E-state index contributed by atoms with van der Waals surface area (Å²) in [6.45, 7) is 3.20. The third kappa shape index (κ3) is 3.79. The van der Waals surface area contributed by atoms with Crippen molar-refractivity contribution < 1.29 is 24.6 Å². The van der Waals surface area contributed by atoms with E-state index in [1.165, 1.54) is 12.3 Å². The number of aromatic nitrogens is 2. The molecule has 0 bridgehead atoms. The number of aliphatic hydroxyl groups is 2. The predicted molar refractivity (Wildman–Crippen MR) is 82.6 cm³/mol. The van der Waals surface area contributed by atoms with Gasteiger partial charge in [0.2, 0.25) is 0 Å². The van der Waals surface area contributed by atoms with Gasteiger partial charge in [0, 0.05) is 6.20 Å². The largest absolute Gasteiger partial charge is 0.394 e. The smallest absolute Gasteiger partial charge is 0.351 e. The van der Waals surface area contributed by atoms with Crippen LogP contribution in [0.15, 0.2) is 17.1 Å². The van der Waals surface area contributed by atoms with Gasteiger partial charge in [-0.1, -0.05) is 13.8 Å². The molecule has 1 fully saturated rings. The van der Waals surface area contributed by atoms with Gasteiger partial charge in [-0.05, 0) is 12.0 Å². The lowest BCUT2D eigenvalue weighted by molar-refractivity contribution is -0.130. The van der Waals surface area contributed by atoms with E-state index >= 15 is 0 Å². The summed E-state index contributed by atoms with van der Waals surface area (Å²) in [6.07, 6.45) is -2.20. The lowest BCUT2D eigenvalue weighted by Gasteiger charge is -2.23. The van der Waals surface area contributed by atoms with Crippen molar-refractivity contribution >= 4 is 12.1 Å². The molecule has 10 heteroatoms. The molecule has 1 aliphatic rings. The van der Waals surface area contributed by atoms with Crippen LogP contribution in [0.3, 0.4) is 0 Å². The van der Waals surface area contributed by atoms with E-state index in [1.807, 2.05) is 13.8 Å². The molecular formula is C14H22N4O6. The minimum absolute atomic E-state index is 0.0331. The van der Waals surface area contributed by atoms with E-state index < -0.39 is 42.9 Å². The van der Waals surface area contributed by atoms with Gasteiger partial charge < -0.3 is 25.5 Å². The maximum Gasteiger partial charge on any atom is 0.351 e. The first kappa shape index (κ1) is 18.5. The van der Waals surface area contributed by atoms with Crippen molar-refractivity contribution in [3.05, 3.63) is 22.7 Å². The molecule has 0 aliphatic carbocycles. The standard InChI is InChI=1S/C14H22N4O6/c1-7(2)8(5-19)17-24-12-9(6-20)23-13(11(12)21)18-4-3-10(15)16-14(18)22/h3-5,7-9,11-13,17,20-21H,6H2,1-2H3,(H2,15,16,22)/t8-,9?,11?,12?,13?/m0/s1. The molecule has 0 radical (unpaired) electrons. The summed E-state index contributed by atoms with van der Waals surface area (Å²) in [6, 6.07) is 0.801. The SMILES string of the molecule is CC(C)[C@H](C=O)NOC1C(CO)OC(n2ccc(N)nc2=O)C1O. The van der Waals surface area contributed by atoms with E-state index in [0.29, 0.717) is 6.29 Å². The van der Waals surface area contributed by atoms with E-state index in [0.717, 1.165) is 4.57 Å². The van der Waals surface area contributed by atoms with Crippen LogP contribution in [0.2, 0.25) is 0 Å². The number of aldehydes is 1. The number of hydroxylamine groups is 1. The topological polar surface area (TPSA) is 149 Å². The van der Waals surface area contributed by atoms with Crippen LogP contribution in [0.5, 0.6) is 0 Å². The average Bonchev–Trinajstić information content (AvgIpc) is 2.84. The highest BCUT2D eigenvalue weighted by atomic mass is 16.7. The summed E-state index contributed by atoms with van der Waals surface area (Å²) in [5.74, 6) is 0.0110. The molecule has 10 nitrogen and oxygen atoms in total. The first-order chi connectivity index (χ1) is 11.4. The summed E-state index contributed by atoms with van der Waals surface area (Å²) < 4.78 is 6.56. The summed E-state index contributed by atoms with van der Waals surface area (Å²) in [7, 11) is 0. The van der Waals surface area contributed by atoms with Crippen molar-refractivity contribution in [1.29, 1.82) is 0 Å². The Bertz CT molecular complexity index is 622. The van der Waals surface area contributed by atoms with E-state index in [-0.39, 0.29) is 11.7 Å². The molecule has 5 N–H and O–H groups in total. The van der Waals surface area contributed by atoms with Crippen molar-refractivity contribution in [2.45, 2.75) is 44.4 Å². The number of ether oxygens (including phenoxy) is 1. The molecule has 5 atom stereocenters. The summed E-state index contributed by atoms with van der Waals surface area (Å²) in [4.78, 5) is 31.8. The lowest BCUT2D eigenvalue weighted by atomic mass is 10.1. The van der Waals surface area contributed by atoms with Gasteiger partial charge in [-0.25, -0.2) is 4.79 Å². The Labute approximate surface area is 138 Å². The lowest BCUT2D eigenvalue weighted by Crippen LogP contribution is -2.45. The summed E-state index contributed by atoms with van der Waals surface area (Å²) >= 11 is 0. The fraction of sp³-hybridized carbons (Fsp3) is 0.643. The highest BCUT2D eigenvalue weighted by molar-refractivity contribution is 5.57. The second-order valence-electron chi connectivity index (χ2n) is 5.89. The Kier molecular flexibility index (Phi) is 6.02. The van der Waals surface area contributed by atoms with Crippen LogP contribution in [0.1, 0.15) is 20.1 Å². The monoisotopic (exact) mass is 342 g/mol. The Hall–Kier alpha value is -1.85. The van der Waals surface area contributed by atoms with Crippen LogP contribution < -0.4 is 16.9 Å². The highest BCUT2D eigenvalue weighted by Gasteiger charge is 2.46. The van der Waals surface area contributed by atoms with Gasteiger partial charge in [0.05, 0.1) is 12.6 Å². The normalized spacial score (nSPS) is 28.2. The fourth-order valence-electron chi connectivity index (χ4n) is 2.34. The molecule has 2 heterocycles. The van der Waals surface area contributed by atoms with Gasteiger partial charge in [-0.2, -0.15) is 10.5 Å². The number of anilines is 1. The van der Waals surface area contributed by atoms with Crippen molar-refractivity contribution in [3.8, 4) is 0 Å². The van der Waals surface area contributed by atoms with Crippen LogP contribution in [-0.4, -0.2) is 57.0 Å². The molecule has 1 aromatic rings. The molecule has 1 aromatic heterocycles. The van der Waals surface area contributed by atoms with E-state index in [1.54, 1.807) is 0 Å². The molecule has 1 aliphatic heterocycles. The number of hydrogen-bond donors (Lipinski definition) is 4. The van der Waals surface area contributed by atoms with E-state index in [2.05, 4.69) is 10.5 Å². The molecule has 0 spiro atoms. The first-order valence-corrected chi connectivity index (χ1v) is 7.54. The van der Waals surface area contributed by atoms with Crippen LogP contribution in [-0.2, 0) is 14.4 Å². The van der Waals surface area contributed by atoms with Gasteiger partial charge in [-0.3, -0.25) is 9.40 Å². The van der Waals surface area contributed by atoms with Crippen molar-refractivity contribution in [3.63, 3.8) is 0 Å². The van der Waals surface area contributed by atoms with Crippen LogP contribution in [0.25, 0.3) is 0 Å². The molecule has 0 aromatic carbocycles. The number of aliphatic hydroxyl groups excluding tert-OH is 2. The zero-order chi connectivity index (χ0) is 17.9.